The second-order valence-corrected chi connectivity index (χ2v) is 6.03. The highest BCUT2D eigenvalue weighted by Crippen LogP contribution is 2.14. The topological polar surface area (TPSA) is 97.0 Å². The van der Waals surface area contributed by atoms with Crippen LogP contribution >= 0.6 is 0 Å². The van der Waals surface area contributed by atoms with E-state index in [1.165, 1.54) is 0 Å². The van der Waals surface area contributed by atoms with Gasteiger partial charge in [-0.3, -0.25) is 9.59 Å². The SMILES string of the molecule is O=C(NC[C@H]1CCCO1)C(=O)Nc1ccc(CN2CCOC2=O)cc1. The second kappa shape index (κ2) is 7.98. The number of carbonyl (C=O) groups is 3. The zero-order chi connectivity index (χ0) is 17.6. The molecule has 0 aliphatic carbocycles. The highest BCUT2D eigenvalue weighted by atomic mass is 16.6. The zero-order valence-electron chi connectivity index (χ0n) is 13.8. The molecule has 134 valence electrons. The van der Waals surface area contributed by atoms with Crippen LogP contribution in [0.3, 0.4) is 0 Å². The van der Waals surface area contributed by atoms with Crippen molar-refractivity contribution in [1.29, 1.82) is 0 Å². The first kappa shape index (κ1) is 17.2. The van der Waals surface area contributed by atoms with Crippen LogP contribution < -0.4 is 10.6 Å². The van der Waals surface area contributed by atoms with E-state index in [9.17, 15) is 14.4 Å². The summed E-state index contributed by atoms with van der Waals surface area (Å²) in [7, 11) is 0. The molecule has 1 aromatic rings. The average molecular weight is 347 g/mol. The molecule has 8 heteroatoms. The summed E-state index contributed by atoms with van der Waals surface area (Å²) in [5.41, 5.74) is 1.43. The van der Waals surface area contributed by atoms with Crippen molar-refractivity contribution < 1.29 is 23.9 Å². The number of hydrogen-bond donors (Lipinski definition) is 2. The summed E-state index contributed by atoms with van der Waals surface area (Å²) in [5.74, 6) is -1.40. The molecular weight excluding hydrogens is 326 g/mol. The lowest BCUT2D eigenvalue weighted by atomic mass is 10.2. The minimum absolute atomic E-state index is 0.00619. The van der Waals surface area contributed by atoms with Crippen molar-refractivity contribution in [2.75, 3.05) is 31.6 Å². The van der Waals surface area contributed by atoms with E-state index in [4.69, 9.17) is 9.47 Å². The lowest BCUT2D eigenvalue weighted by Crippen LogP contribution is -2.39. The molecule has 0 saturated carbocycles. The van der Waals surface area contributed by atoms with E-state index in [0.717, 1.165) is 18.4 Å². The van der Waals surface area contributed by atoms with Crippen LogP contribution in [0.5, 0.6) is 0 Å². The molecular formula is C17H21N3O5. The summed E-state index contributed by atoms with van der Waals surface area (Å²) in [6, 6.07) is 6.99. The predicted octanol–water partition coefficient (Wildman–Crippen LogP) is 0.872. The Morgan fingerprint density at radius 1 is 1.16 bits per heavy atom. The van der Waals surface area contributed by atoms with E-state index in [-0.39, 0.29) is 12.2 Å². The molecule has 2 N–H and O–H groups in total. The number of rotatable bonds is 5. The van der Waals surface area contributed by atoms with Crippen molar-refractivity contribution in [1.82, 2.24) is 10.2 Å². The maximum absolute atomic E-state index is 11.9. The summed E-state index contributed by atoms with van der Waals surface area (Å²) < 4.78 is 10.3. The van der Waals surface area contributed by atoms with Gasteiger partial charge in [-0.05, 0) is 30.5 Å². The van der Waals surface area contributed by atoms with Gasteiger partial charge in [-0.25, -0.2) is 4.79 Å². The number of anilines is 1. The van der Waals surface area contributed by atoms with Crippen molar-refractivity contribution >= 4 is 23.6 Å². The van der Waals surface area contributed by atoms with Crippen molar-refractivity contribution in [3.63, 3.8) is 0 Å². The molecule has 1 aromatic carbocycles. The Bertz CT molecular complexity index is 640. The quantitative estimate of drug-likeness (QED) is 0.771. The molecule has 8 nitrogen and oxygen atoms in total. The van der Waals surface area contributed by atoms with Gasteiger partial charge in [0.15, 0.2) is 0 Å². The molecule has 0 aromatic heterocycles. The van der Waals surface area contributed by atoms with Gasteiger partial charge in [0.2, 0.25) is 0 Å². The van der Waals surface area contributed by atoms with Gasteiger partial charge in [-0.2, -0.15) is 0 Å². The fourth-order valence-electron chi connectivity index (χ4n) is 2.76. The van der Waals surface area contributed by atoms with E-state index in [1.54, 1.807) is 29.2 Å². The number of ether oxygens (including phenoxy) is 2. The van der Waals surface area contributed by atoms with Crippen LogP contribution in [0.4, 0.5) is 10.5 Å². The van der Waals surface area contributed by atoms with Gasteiger partial charge in [0.25, 0.3) is 0 Å². The summed E-state index contributed by atoms with van der Waals surface area (Å²) in [4.78, 5) is 36.7. The third kappa shape index (κ3) is 4.69. The molecule has 1 atom stereocenters. The number of amides is 3. The van der Waals surface area contributed by atoms with Gasteiger partial charge in [0.1, 0.15) is 6.61 Å². The molecule has 3 amide bonds. The van der Waals surface area contributed by atoms with E-state index in [2.05, 4.69) is 10.6 Å². The van der Waals surface area contributed by atoms with E-state index in [0.29, 0.717) is 38.5 Å². The minimum Gasteiger partial charge on any atom is -0.448 e. The van der Waals surface area contributed by atoms with Crippen molar-refractivity contribution in [2.24, 2.45) is 0 Å². The number of nitrogens with one attached hydrogen (secondary N) is 2. The third-order valence-electron chi connectivity index (χ3n) is 4.15. The number of carbonyl (C=O) groups excluding carboxylic acids is 3. The molecule has 3 rings (SSSR count). The van der Waals surface area contributed by atoms with Gasteiger partial charge >= 0.3 is 17.9 Å². The fraction of sp³-hybridized carbons (Fsp3) is 0.471. The highest BCUT2D eigenvalue weighted by Gasteiger charge is 2.22. The maximum atomic E-state index is 11.9. The van der Waals surface area contributed by atoms with Crippen LogP contribution in [0.2, 0.25) is 0 Å². The Balaban J connectivity index is 1.46. The number of nitrogens with zero attached hydrogens (tertiary/aromatic N) is 1. The Morgan fingerprint density at radius 3 is 2.60 bits per heavy atom. The molecule has 0 bridgehead atoms. The molecule has 2 saturated heterocycles. The van der Waals surface area contributed by atoms with Crippen LogP contribution in [-0.4, -0.2) is 55.2 Å². The van der Waals surface area contributed by atoms with E-state index < -0.39 is 11.8 Å². The molecule has 2 fully saturated rings. The average Bonchev–Trinajstić information content (AvgIpc) is 3.26. The van der Waals surface area contributed by atoms with Crippen LogP contribution in [0.1, 0.15) is 18.4 Å². The molecule has 2 aliphatic rings. The maximum Gasteiger partial charge on any atom is 0.410 e. The lowest BCUT2D eigenvalue weighted by molar-refractivity contribution is -0.136. The van der Waals surface area contributed by atoms with Gasteiger partial charge in [-0.15, -0.1) is 0 Å². The van der Waals surface area contributed by atoms with Crippen molar-refractivity contribution in [2.45, 2.75) is 25.5 Å². The minimum atomic E-state index is -0.714. The Morgan fingerprint density at radius 2 is 1.96 bits per heavy atom. The van der Waals surface area contributed by atoms with Crippen LogP contribution in [0.15, 0.2) is 24.3 Å². The first-order chi connectivity index (χ1) is 12.1. The van der Waals surface area contributed by atoms with Gasteiger partial charge in [0.05, 0.1) is 12.6 Å². The Kier molecular flexibility index (Phi) is 5.49. The number of benzene rings is 1. The first-order valence-electron chi connectivity index (χ1n) is 8.33. The number of cyclic esters (lactones) is 1. The normalized spacial score (nSPS) is 19.6. The summed E-state index contributed by atoms with van der Waals surface area (Å²) in [5, 5.41) is 5.12. The molecule has 0 spiro atoms. The summed E-state index contributed by atoms with van der Waals surface area (Å²) in [6.07, 6.45) is 1.55. The predicted molar refractivity (Wildman–Crippen MR) is 88.8 cm³/mol. The van der Waals surface area contributed by atoms with Gasteiger partial charge < -0.3 is 25.0 Å². The lowest BCUT2D eigenvalue weighted by Gasteiger charge is -2.13. The second-order valence-electron chi connectivity index (χ2n) is 6.03. The zero-order valence-corrected chi connectivity index (χ0v) is 13.8. The number of hydrogen-bond acceptors (Lipinski definition) is 5. The molecule has 0 unspecified atom stereocenters. The largest absolute Gasteiger partial charge is 0.448 e. The molecule has 25 heavy (non-hydrogen) atoms. The third-order valence-corrected chi connectivity index (χ3v) is 4.15. The van der Waals surface area contributed by atoms with E-state index in [1.807, 2.05) is 0 Å². The highest BCUT2D eigenvalue weighted by molar-refractivity contribution is 6.39. The van der Waals surface area contributed by atoms with Crippen molar-refractivity contribution in [3.05, 3.63) is 29.8 Å². The first-order valence-corrected chi connectivity index (χ1v) is 8.33. The summed E-state index contributed by atoms with van der Waals surface area (Å²) in [6.45, 7) is 2.48. The van der Waals surface area contributed by atoms with Crippen LogP contribution in [-0.2, 0) is 25.6 Å². The molecule has 2 aliphatic heterocycles. The Labute approximate surface area is 145 Å². The van der Waals surface area contributed by atoms with Gasteiger partial charge in [0, 0.05) is 25.4 Å². The van der Waals surface area contributed by atoms with Crippen LogP contribution in [0.25, 0.3) is 0 Å². The van der Waals surface area contributed by atoms with Crippen LogP contribution in [0, 0.1) is 0 Å². The van der Waals surface area contributed by atoms with Gasteiger partial charge in [-0.1, -0.05) is 12.1 Å². The van der Waals surface area contributed by atoms with Crippen molar-refractivity contribution in [3.8, 4) is 0 Å². The Hall–Kier alpha value is -2.61. The molecule has 2 heterocycles. The molecule has 0 radical (unpaired) electrons. The summed E-state index contributed by atoms with van der Waals surface area (Å²) >= 11 is 0. The fourth-order valence-corrected chi connectivity index (χ4v) is 2.76. The van der Waals surface area contributed by atoms with E-state index >= 15 is 0 Å². The standard InChI is InChI=1S/C17H21N3O5/c21-15(18-10-14-2-1-8-24-14)16(22)19-13-5-3-12(4-6-13)11-20-7-9-25-17(20)23/h3-6,14H,1-2,7-11H2,(H,18,21)(H,19,22)/t14-/m1/s1. The smallest absolute Gasteiger partial charge is 0.410 e. The monoisotopic (exact) mass is 347 g/mol.